The number of ether oxygens (including phenoxy) is 2. The molecule has 2 atom stereocenters. The number of hydrogen-bond donors (Lipinski definition) is 0. The predicted molar refractivity (Wildman–Crippen MR) is 114 cm³/mol. The lowest BCUT2D eigenvalue weighted by Crippen LogP contribution is -2.42. The smallest absolute Gasteiger partial charge is 0.297 e. The van der Waals surface area contributed by atoms with E-state index in [0.717, 1.165) is 25.1 Å². The number of benzene rings is 2. The molecule has 0 radical (unpaired) electrons. The van der Waals surface area contributed by atoms with E-state index >= 15 is 0 Å². The van der Waals surface area contributed by atoms with Gasteiger partial charge in [0.25, 0.3) is 10.1 Å². The molecule has 0 spiro atoms. The standard InChI is InChI=1S/C23H29NO5S/c1-17-8-10-20(11-9-17)30(25,26)27-16-22-21(28-23(2,3)29-22)15-24-13-12-18-6-4-5-7-19(18)14-24/h4-11,21-22H,12-16H2,1-3H3/t21-,22-/m0/s1. The molecular weight excluding hydrogens is 402 g/mol. The van der Waals surface area contributed by atoms with E-state index < -0.39 is 22.0 Å². The van der Waals surface area contributed by atoms with Gasteiger partial charge in [0.05, 0.1) is 11.5 Å². The van der Waals surface area contributed by atoms with E-state index in [2.05, 4.69) is 29.2 Å². The van der Waals surface area contributed by atoms with Crippen molar-refractivity contribution in [1.82, 2.24) is 4.90 Å². The van der Waals surface area contributed by atoms with Crippen molar-refractivity contribution in [3.63, 3.8) is 0 Å². The van der Waals surface area contributed by atoms with Crippen LogP contribution in [0.25, 0.3) is 0 Å². The highest BCUT2D eigenvalue weighted by Gasteiger charge is 2.43. The molecule has 1 saturated heterocycles. The Morgan fingerprint density at radius 2 is 1.70 bits per heavy atom. The van der Waals surface area contributed by atoms with Crippen molar-refractivity contribution in [1.29, 1.82) is 0 Å². The Kier molecular flexibility index (Phi) is 6.01. The second kappa shape index (κ2) is 8.40. The molecule has 2 aromatic rings. The predicted octanol–water partition coefficient (Wildman–Crippen LogP) is 3.28. The molecule has 1 fully saturated rings. The molecule has 0 bridgehead atoms. The quantitative estimate of drug-likeness (QED) is 0.654. The van der Waals surface area contributed by atoms with E-state index in [0.29, 0.717) is 6.54 Å². The van der Waals surface area contributed by atoms with Crippen molar-refractivity contribution in [3.05, 3.63) is 65.2 Å². The minimum Gasteiger partial charge on any atom is -0.343 e. The summed E-state index contributed by atoms with van der Waals surface area (Å²) in [5.41, 5.74) is 3.71. The van der Waals surface area contributed by atoms with Gasteiger partial charge in [-0.1, -0.05) is 42.0 Å². The molecule has 7 heteroatoms. The van der Waals surface area contributed by atoms with Gasteiger partial charge in [-0.3, -0.25) is 9.08 Å². The fraction of sp³-hybridized carbons (Fsp3) is 0.478. The highest BCUT2D eigenvalue weighted by molar-refractivity contribution is 7.86. The summed E-state index contributed by atoms with van der Waals surface area (Å²) in [6.07, 6.45) is 0.270. The maximum atomic E-state index is 12.6. The second-order valence-corrected chi connectivity index (χ2v) is 10.1. The van der Waals surface area contributed by atoms with Crippen molar-refractivity contribution in [2.24, 2.45) is 0 Å². The monoisotopic (exact) mass is 431 g/mol. The zero-order valence-corrected chi connectivity index (χ0v) is 18.5. The van der Waals surface area contributed by atoms with Gasteiger partial charge < -0.3 is 9.47 Å². The zero-order valence-electron chi connectivity index (χ0n) is 17.7. The van der Waals surface area contributed by atoms with E-state index in [-0.39, 0.29) is 17.6 Å². The summed E-state index contributed by atoms with van der Waals surface area (Å²) in [7, 11) is -3.85. The van der Waals surface area contributed by atoms with Crippen LogP contribution in [0.2, 0.25) is 0 Å². The summed E-state index contributed by atoms with van der Waals surface area (Å²) in [6, 6.07) is 15.1. The van der Waals surface area contributed by atoms with Crippen LogP contribution >= 0.6 is 0 Å². The fourth-order valence-corrected chi connectivity index (χ4v) is 5.02. The van der Waals surface area contributed by atoms with Crippen LogP contribution in [0.3, 0.4) is 0 Å². The second-order valence-electron chi connectivity index (χ2n) is 8.52. The first-order chi connectivity index (χ1) is 14.2. The van der Waals surface area contributed by atoms with Gasteiger partial charge in [-0.25, -0.2) is 0 Å². The average molecular weight is 432 g/mol. The van der Waals surface area contributed by atoms with Crippen LogP contribution in [0, 0.1) is 6.92 Å². The van der Waals surface area contributed by atoms with Crippen molar-refractivity contribution in [2.45, 2.75) is 56.6 Å². The summed E-state index contributed by atoms with van der Waals surface area (Å²) in [6.45, 7) is 7.98. The Labute approximate surface area is 178 Å². The third-order valence-electron chi connectivity index (χ3n) is 5.63. The molecule has 0 unspecified atom stereocenters. The van der Waals surface area contributed by atoms with Gasteiger partial charge in [0.1, 0.15) is 12.2 Å². The van der Waals surface area contributed by atoms with Crippen LogP contribution in [0.4, 0.5) is 0 Å². The Morgan fingerprint density at radius 1 is 1.03 bits per heavy atom. The molecule has 0 saturated carbocycles. The molecule has 6 nitrogen and oxygen atoms in total. The average Bonchev–Trinajstić information content (AvgIpc) is 3.00. The Hall–Kier alpha value is -1.77. The van der Waals surface area contributed by atoms with Crippen molar-refractivity contribution in [2.75, 3.05) is 19.7 Å². The van der Waals surface area contributed by atoms with E-state index in [1.54, 1.807) is 24.3 Å². The molecule has 0 aliphatic carbocycles. The SMILES string of the molecule is Cc1ccc(S(=O)(=O)OC[C@@H]2OC(C)(C)O[C@H]2CN2CCc3ccccc3C2)cc1. The maximum Gasteiger partial charge on any atom is 0.297 e. The number of fused-ring (bicyclic) bond motifs is 1. The number of hydrogen-bond acceptors (Lipinski definition) is 6. The molecule has 0 aromatic heterocycles. The summed E-state index contributed by atoms with van der Waals surface area (Å²) in [4.78, 5) is 2.48. The molecule has 0 N–H and O–H groups in total. The Morgan fingerprint density at radius 3 is 2.43 bits per heavy atom. The largest absolute Gasteiger partial charge is 0.343 e. The third-order valence-corrected chi connectivity index (χ3v) is 6.93. The minimum absolute atomic E-state index is 0.0747. The highest BCUT2D eigenvalue weighted by atomic mass is 32.2. The molecule has 2 heterocycles. The number of nitrogens with zero attached hydrogens (tertiary/aromatic N) is 1. The summed E-state index contributed by atoms with van der Waals surface area (Å²) in [5, 5.41) is 0. The number of aryl methyl sites for hydroxylation is 1. The van der Waals surface area contributed by atoms with E-state index in [4.69, 9.17) is 13.7 Å². The van der Waals surface area contributed by atoms with Gasteiger partial charge in [0.15, 0.2) is 5.79 Å². The van der Waals surface area contributed by atoms with Crippen LogP contribution in [0.1, 0.15) is 30.5 Å². The van der Waals surface area contributed by atoms with Crippen LogP contribution in [-0.4, -0.2) is 51.0 Å². The first kappa shape index (κ1) is 21.5. The summed E-state index contributed by atoms with van der Waals surface area (Å²) in [5.74, 6) is -0.778. The van der Waals surface area contributed by atoms with Gasteiger partial charge in [-0.2, -0.15) is 8.42 Å². The van der Waals surface area contributed by atoms with Crippen LogP contribution in [-0.2, 0) is 36.7 Å². The summed E-state index contributed by atoms with van der Waals surface area (Å²) < 4.78 is 42.6. The number of rotatable bonds is 6. The fourth-order valence-electron chi connectivity index (χ4n) is 4.10. The Bertz CT molecular complexity index is 987. The highest BCUT2D eigenvalue weighted by Crippen LogP contribution is 2.31. The van der Waals surface area contributed by atoms with Crippen molar-refractivity contribution < 1.29 is 22.1 Å². The molecule has 30 heavy (non-hydrogen) atoms. The zero-order chi connectivity index (χ0) is 21.4. The maximum absolute atomic E-state index is 12.6. The van der Waals surface area contributed by atoms with E-state index in [1.807, 2.05) is 20.8 Å². The third kappa shape index (κ3) is 4.92. The minimum atomic E-state index is -3.85. The lowest BCUT2D eigenvalue weighted by atomic mass is 9.99. The van der Waals surface area contributed by atoms with E-state index in [9.17, 15) is 8.42 Å². The lowest BCUT2D eigenvalue weighted by Gasteiger charge is -2.31. The van der Waals surface area contributed by atoms with Crippen molar-refractivity contribution >= 4 is 10.1 Å². The molecule has 2 aliphatic heterocycles. The van der Waals surface area contributed by atoms with Gasteiger partial charge in [0, 0.05) is 19.6 Å². The van der Waals surface area contributed by atoms with E-state index in [1.165, 1.54) is 11.1 Å². The van der Waals surface area contributed by atoms with Gasteiger partial charge in [-0.05, 0) is 50.5 Å². The molecule has 4 rings (SSSR count). The van der Waals surface area contributed by atoms with Crippen LogP contribution in [0.5, 0.6) is 0 Å². The van der Waals surface area contributed by atoms with Crippen LogP contribution < -0.4 is 0 Å². The van der Waals surface area contributed by atoms with Crippen LogP contribution in [0.15, 0.2) is 53.4 Å². The first-order valence-electron chi connectivity index (χ1n) is 10.3. The van der Waals surface area contributed by atoms with Gasteiger partial charge in [0.2, 0.25) is 0 Å². The normalized spacial score (nSPS) is 24.0. The summed E-state index contributed by atoms with van der Waals surface area (Å²) >= 11 is 0. The molecule has 0 amide bonds. The molecule has 162 valence electrons. The topological polar surface area (TPSA) is 65.1 Å². The lowest BCUT2D eigenvalue weighted by molar-refractivity contribution is -0.149. The van der Waals surface area contributed by atoms with Gasteiger partial charge in [-0.15, -0.1) is 0 Å². The Balaban J connectivity index is 1.41. The van der Waals surface area contributed by atoms with Gasteiger partial charge >= 0.3 is 0 Å². The molecular formula is C23H29NO5S. The van der Waals surface area contributed by atoms with Crippen molar-refractivity contribution in [3.8, 4) is 0 Å². The molecule has 2 aromatic carbocycles. The molecule has 2 aliphatic rings. The first-order valence-corrected chi connectivity index (χ1v) is 11.7.